The van der Waals surface area contributed by atoms with E-state index in [1.807, 2.05) is 20.8 Å². The van der Waals surface area contributed by atoms with Gasteiger partial charge in [0.1, 0.15) is 0 Å². The van der Waals surface area contributed by atoms with Gasteiger partial charge in [0.15, 0.2) is 0 Å². The van der Waals surface area contributed by atoms with Crippen molar-refractivity contribution in [2.24, 2.45) is 0 Å². The summed E-state index contributed by atoms with van der Waals surface area (Å²) < 4.78 is 5.28. The highest BCUT2D eigenvalue weighted by Gasteiger charge is 2.32. The quantitative estimate of drug-likeness (QED) is 0.646. The smallest absolute Gasteiger partial charge is 0.234 e. The Morgan fingerprint density at radius 2 is 2.00 bits per heavy atom. The number of nitrogens with one attached hydrogen (secondary N) is 2. The lowest BCUT2D eigenvalue weighted by Crippen LogP contribution is -2.56. The number of carbonyl (C=O) groups excluding carboxylic acids is 1. The van der Waals surface area contributed by atoms with Crippen LogP contribution in [0, 0.1) is 0 Å². The Morgan fingerprint density at radius 3 is 2.50 bits per heavy atom. The van der Waals surface area contributed by atoms with Crippen LogP contribution in [0.15, 0.2) is 0 Å². The number of rotatable bonds is 6. The minimum Gasteiger partial charge on any atom is -0.394 e. The van der Waals surface area contributed by atoms with Crippen LogP contribution in [0.5, 0.6) is 0 Å². The third kappa shape index (κ3) is 4.55. The van der Waals surface area contributed by atoms with E-state index in [1.54, 1.807) is 0 Å². The molecule has 1 rings (SSSR count). The van der Waals surface area contributed by atoms with Gasteiger partial charge in [-0.05, 0) is 33.1 Å². The zero-order chi connectivity index (χ0) is 13.6. The van der Waals surface area contributed by atoms with E-state index in [-0.39, 0.29) is 30.1 Å². The van der Waals surface area contributed by atoms with Crippen LogP contribution in [0.2, 0.25) is 0 Å². The van der Waals surface area contributed by atoms with Crippen LogP contribution >= 0.6 is 0 Å². The summed E-state index contributed by atoms with van der Waals surface area (Å²) in [7, 11) is 0. The van der Waals surface area contributed by atoms with Crippen molar-refractivity contribution in [1.82, 2.24) is 10.6 Å². The molecule has 5 nitrogen and oxygen atoms in total. The maximum absolute atomic E-state index is 11.8. The average Bonchev–Trinajstić information content (AvgIpc) is 2.37. The van der Waals surface area contributed by atoms with E-state index in [1.165, 1.54) is 0 Å². The predicted molar refractivity (Wildman–Crippen MR) is 70.4 cm³/mol. The lowest BCUT2D eigenvalue weighted by Gasteiger charge is -2.36. The molecule has 0 bridgehead atoms. The Labute approximate surface area is 109 Å². The Balaban J connectivity index is 2.40. The number of aliphatic hydroxyl groups is 1. The SMILES string of the molecule is CCC(C)(C)NC(=O)CNC1(CO)CCOCC1. The largest absolute Gasteiger partial charge is 0.394 e. The summed E-state index contributed by atoms with van der Waals surface area (Å²) in [5.41, 5.74) is -0.535. The second kappa shape index (κ2) is 6.50. The van der Waals surface area contributed by atoms with E-state index in [9.17, 15) is 9.90 Å². The van der Waals surface area contributed by atoms with Crippen LogP contribution in [0.1, 0.15) is 40.0 Å². The van der Waals surface area contributed by atoms with Gasteiger partial charge in [0.05, 0.1) is 13.2 Å². The van der Waals surface area contributed by atoms with Gasteiger partial charge in [-0.3, -0.25) is 4.79 Å². The molecular weight excluding hydrogens is 232 g/mol. The average molecular weight is 258 g/mol. The summed E-state index contributed by atoms with van der Waals surface area (Å²) in [6.45, 7) is 7.60. The van der Waals surface area contributed by atoms with Crippen molar-refractivity contribution in [3.05, 3.63) is 0 Å². The molecule has 0 saturated carbocycles. The number of carbonyl (C=O) groups is 1. The van der Waals surface area contributed by atoms with Crippen LogP contribution in [0.25, 0.3) is 0 Å². The number of hydrogen-bond donors (Lipinski definition) is 3. The van der Waals surface area contributed by atoms with Crippen LogP contribution in [0.3, 0.4) is 0 Å². The van der Waals surface area contributed by atoms with Crippen molar-refractivity contribution < 1.29 is 14.6 Å². The standard InChI is InChI=1S/C13H26N2O3/c1-4-12(2,3)15-11(17)9-14-13(10-16)5-7-18-8-6-13/h14,16H,4-10H2,1-3H3,(H,15,17). The molecule has 106 valence electrons. The zero-order valence-corrected chi connectivity index (χ0v) is 11.7. The zero-order valence-electron chi connectivity index (χ0n) is 11.7. The molecule has 0 unspecified atom stereocenters. The molecule has 1 heterocycles. The molecule has 1 amide bonds. The monoisotopic (exact) mass is 258 g/mol. The molecule has 1 fully saturated rings. The highest BCUT2D eigenvalue weighted by molar-refractivity contribution is 5.78. The van der Waals surface area contributed by atoms with Crippen LogP contribution in [-0.4, -0.2) is 48.5 Å². The fraction of sp³-hybridized carbons (Fsp3) is 0.923. The summed E-state index contributed by atoms with van der Waals surface area (Å²) >= 11 is 0. The van der Waals surface area contributed by atoms with Crippen molar-refractivity contribution in [3.63, 3.8) is 0 Å². The van der Waals surface area contributed by atoms with E-state index in [4.69, 9.17) is 4.74 Å². The van der Waals surface area contributed by atoms with Crippen molar-refractivity contribution >= 4 is 5.91 Å². The first-order valence-corrected chi connectivity index (χ1v) is 6.68. The van der Waals surface area contributed by atoms with Crippen LogP contribution in [-0.2, 0) is 9.53 Å². The molecule has 5 heteroatoms. The molecule has 0 aliphatic carbocycles. The fourth-order valence-electron chi connectivity index (χ4n) is 1.93. The van der Waals surface area contributed by atoms with E-state index < -0.39 is 0 Å². The normalized spacial score (nSPS) is 19.6. The van der Waals surface area contributed by atoms with E-state index in [0.717, 1.165) is 19.3 Å². The second-order valence-corrected chi connectivity index (χ2v) is 5.69. The lowest BCUT2D eigenvalue weighted by molar-refractivity contribution is -0.122. The van der Waals surface area contributed by atoms with E-state index in [2.05, 4.69) is 10.6 Å². The van der Waals surface area contributed by atoms with Gasteiger partial charge in [-0.25, -0.2) is 0 Å². The van der Waals surface area contributed by atoms with Crippen molar-refractivity contribution in [3.8, 4) is 0 Å². The highest BCUT2D eigenvalue weighted by atomic mass is 16.5. The molecule has 0 spiro atoms. The minimum atomic E-state index is -0.355. The summed E-state index contributed by atoms with van der Waals surface area (Å²) in [6.07, 6.45) is 2.37. The first-order valence-electron chi connectivity index (χ1n) is 6.68. The van der Waals surface area contributed by atoms with Crippen molar-refractivity contribution in [1.29, 1.82) is 0 Å². The Kier molecular flexibility index (Phi) is 5.56. The number of hydrogen-bond acceptors (Lipinski definition) is 4. The van der Waals surface area contributed by atoms with Gasteiger partial charge < -0.3 is 20.5 Å². The van der Waals surface area contributed by atoms with Crippen molar-refractivity contribution in [2.75, 3.05) is 26.4 Å². The molecule has 1 saturated heterocycles. The van der Waals surface area contributed by atoms with E-state index in [0.29, 0.717) is 13.2 Å². The Morgan fingerprint density at radius 1 is 1.39 bits per heavy atom. The van der Waals surface area contributed by atoms with E-state index >= 15 is 0 Å². The molecule has 0 atom stereocenters. The fourth-order valence-corrected chi connectivity index (χ4v) is 1.93. The Hall–Kier alpha value is -0.650. The third-order valence-electron chi connectivity index (χ3n) is 3.74. The van der Waals surface area contributed by atoms with Gasteiger partial charge in [0.2, 0.25) is 5.91 Å². The van der Waals surface area contributed by atoms with Gasteiger partial charge in [-0.1, -0.05) is 6.92 Å². The molecule has 18 heavy (non-hydrogen) atoms. The highest BCUT2D eigenvalue weighted by Crippen LogP contribution is 2.19. The number of amides is 1. The maximum atomic E-state index is 11.8. The maximum Gasteiger partial charge on any atom is 0.234 e. The summed E-state index contributed by atoms with van der Waals surface area (Å²) in [5.74, 6) is -0.0267. The van der Waals surface area contributed by atoms with Gasteiger partial charge in [0.25, 0.3) is 0 Å². The van der Waals surface area contributed by atoms with Gasteiger partial charge >= 0.3 is 0 Å². The number of ether oxygens (including phenoxy) is 1. The van der Waals surface area contributed by atoms with Gasteiger partial charge in [0, 0.05) is 24.3 Å². The second-order valence-electron chi connectivity index (χ2n) is 5.69. The predicted octanol–water partition coefficient (Wildman–Crippen LogP) is 0.422. The summed E-state index contributed by atoms with van der Waals surface area (Å²) in [6, 6.07) is 0. The summed E-state index contributed by atoms with van der Waals surface area (Å²) in [5, 5.41) is 15.6. The molecule has 0 aromatic heterocycles. The lowest BCUT2D eigenvalue weighted by atomic mass is 9.91. The first-order chi connectivity index (χ1) is 8.43. The molecule has 0 radical (unpaired) electrons. The van der Waals surface area contributed by atoms with Crippen LogP contribution in [0.4, 0.5) is 0 Å². The van der Waals surface area contributed by atoms with Crippen LogP contribution < -0.4 is 10.6 Å². The molecule has 0 aromatic rings. The third-order valence-corrected chi connectivity index (χ3v) is 3.74. The Bertz CT molecular complexity index is 273. The molecule has 0 aromatic carbocycles. The van der Waals surface area contributed by atoms with Gasteiger partial charge in [-0.15, -0.1) is 0 Å². The molecular formula is C13H26N2O3. The van der Waals surface area contributed by atoms with Gasteiger partial charge in [-0.2, -0.15) is 0 Å². The first kappa shape index (κ1) is 15.4. The number of aliphatic hydroxyl groups excluding tert-OH is 1. The molecule has 1 aliphatic rings. The molecule has 3 N–H and O–H groups in total. The van der Waals surface area contributed by atoms with Crippen molar-refractivity contribution in [2.45, 2.75) is 51.1 Å². The molecule has 1 aliphatic heterocycles. The minimum absolute atomic E-state index is 0.0267. The summed E-state index contributed by atoms with van der Waals surface area (Å²) in [4.78, 5) is 11.8. The topological polar surface area (TPSA) is 70.6 Å².